The fourth-order valence-corrected chi connectivity index (χ4v) is 2.08. The van der Waals surface area contributed by atoms with Crippen LogP contribution in [0.2, 0.25) is 0 Å². The van der Waals surface area contributed by atoms with E-state index in [0.717, 1.165) is 5.56 Å². The Labute approximate surface area is 116 Å². The van der Waals surface area contributed by atoms with E-state index in [-0.39, 0.29) is 11.4 Å². The van der Waals surface area contributed by atoms with Gasteiger partial charge in [-0.2, -0.15) is 0 Å². The van der Waals surface area contributed by atoms with Gasteiger partial charge in [-0.3, -0.25) is 0 Å². The summed E-state index contributed by atoms with van der Waals surface area (Å²) < 4.78 is 27.4. The van der Waals surface area contributed by atoms with Crippen LogP contribution in [-0.4, -0.2) is 25.2 Å². The Hall–Kier alpha value is -1.97. The summed E-state index contributed by atoms with van der Waals surface area (Å²) in [5.41, 5.74) is 6.31. The Kier molecular flexibility index (Phi) is 4.32. The first-order valence-electron chi connectivity index (χ1n) is 5.87. The summed E-state index contributed by atoms with van der Waals surface area (Å²) in [5, 5.41) is 15.4. The van der Waals surface area contributed by atoms with Crippen molar-refractivity contribution in [2.75, 3.05) is 11.9 Å². The average Bonchev–Trinajstić information content (AvgIpc) is 2.86. The van der Waals surface area contributed by atoms with E-state index in [2.05, 4.69) is 15.5 Å². The van der Waals surface area contributed by atoms with E-state index in [0.29, 0.717) is 24.9 Å². The van der Waals surface area contributed by atoms with Crippen molar-refractivity contribution in [2.45, 2.75) is 17.9 Å². The van der Waals surface area contributed by atoms with Crippen LogP contribution in [0.4, 0.5) is 6.01 Å². The molecule has 1 aromatic heterocycles. The maximum atomic E-state index is 11.1. The van der Waals surface area contributed by atoms with Crippen molar-refractivity contribution in [3.63, 3.8) is 0 Å². The van der Waals surface area contributed by atoms with Gasteiger partial charge in [0.1, 0.15) is 0 Å². The molecule has 0 unspecified atom stereocenters. The molecule has 108 valence electrons. The summed E-state index contributed by atoms with van der Waals surface area (Å²) in [5.74, 6) is 0.366. The van der Waals surface area contributed by atoms with Crippen LogP contribution < -0.4 is 16.2 Å². The zero-order chi connectivity index (χ0) is 14.6. The Bertz CT molecular complexity index is 666. The van der Waals surface area contributed by atoms with Gasteiger partial charge in [-0.15, -0.1) is 5.10 Å². The predicted octanol–water partition coefficient (Wildman–Crippen LogP) is -0.170. The molecule has 20 heavy (non-hydrogen) atoms. The third kappa shape index (κ3) is 3.76. The molecule has 0 bridgehead atoms. The molecule has 1 aromatic carbocycles. The standard InChI is InChI=1S/C11H15N5O3S/c12-7-10-15-16-11(19-10)14-6-5-8-1-3-9(4-2-8)20(13,17)18/h1-4H,5-7,12H2,(H,14,16)(H2,13,17,18). The van der Waals surface area contributed by atoms with Crippen molar-refractivity contribution in [2.24, 2.45) is 10.9 Å². The first-order valence-corrected chi connectivity index (χ1v) is 7.42. The Morgan fingerprint density at radius 2 is 1.90 bits per heavy atom. The lowest BCUT2D eigenvalue weighted by atomic mass is 10.1. The molecule has 0 aliphatic rings. The maximum Gasteiger partial charge on any atom is 0.315 e. The molecule has 0 aliphatic heterocycles. The summed E-state index contributed by atoms with van der Waals surface area (Å²) in [6, 6.07) is 6.68. The Morgan fingerprint density at radius 1 is 1.20 bits per heavy atom. The van der Waals surface area contributed by atoms with E-state index in [4.69, 9.17) is 15.3 Å². The monoisotopic (exact) mass is 297 g/mol. The second kappa shape index (κ2) is 5.99. The van der Waals surface area contributed by atoms with E-state index in [1.807, 2.05) is 0 Å². The predicted molar refractivity (Wildman–Crippen MR) is 72.2 cm³/mol. The highest BCUT2D eigenvalue weighted by molar-refractivity contribution is 7.89. The fourth-order valence-electron chi connectivity index (χ4n) is 1.57. The molecule has 0 radical (unpaired) electrons. The van der Waals surface area contributed by atoms with Gasteiger partial charge >= 0.3 is 6.01 Å². The van der Waals surface area contributed by atoms with Gasteiger partial charge in [0.25, 0.3) is 0 Å². The topological polar surface area (TPSA) is 137 Å². The van der Waals surface area contributed by atoms with Crippen LogP contribution in [-0.2, 0) is 23.0 Å². The number of aromatic nitrogens is 2. The molecule has 0 fully saturated rings. The van der Waals surface area contributed by atoms with Gasteiger partial charge in [0.05, 0.1) is 11.4 Å². The van der Waals surface area contributed by atoms with E-state index in [9.17, 15) is 8.42 Å². The number of primary sulfonamides is 1. The molecule has 0 aliphatic carbocycles. The van der Waals surface area contributed by atoms with Gasteiger partial charge < -0.3 is 15.5 Å². The third-order valence-corrected chi connectivity index (χ3v) is 3.51. The number of sulfonamides is 1. The lowest BCUT2D eigenvalue weighted by Gasteiger charge is -2.03. The highest BCUT2D eigenvalue weighted by Crippen LogP contribution is 2.10. The first-order chi connectivity index (χ1) is 9.49. The van der Waals surface area contributed by atoms with Crippen LogP contribution >= 0.6 is 0 Å². The van der Waals surface area contributed by atoms with Crippen LogP contribution in [0.5, 0.6) is 0 Å². The van der Waals surface area contributed by atoms with Gasteiger partial charge in [-0.05, 0) is 24.1 Å². The molecule has 0 atom stereocenters. The number of hydrogen-bond acceptors (Lipinski definition) is 7. The molecule has 2 aromatic rings. The van der Waals surface area contributed by atoms with E-state index in [1.54, 1.807) is 12.1 Å². The minimum atomic E-state index is -3.64. The zero-order valence-corrected chi connectivity index (χ0v) is 11.4. The quantitative estimate of drug-likeness (QED) is 0.673. The molecule has 9 heteroatoms. The largest absolute Gasteiger partial charge is 0.407 e. The second-order valence-electron chi connectivity index (χ2n) is 4.07. The third-order valence-electron chi connectivity index (χ3n) is 2.58. The van der Waals surface area contributed by atoms with Gasteiger partial charge in [0.15, 0.2) is 0 Å². The normalized spacial score (nSPS) is 11.5. The molecule has 0 spiro atoms. The molecule has 2 rings (SSSR count). The summed E-state index contributed by atoms with van der Waals surface area (Å²) in [7, 11) is -3.64. The van der Waals surface area contributed by atoms with Crippen LogP contribution in [0, 0.1) is 0 Å². The summed E-state index contributed by atoms with van der Waals surface area (Å²) in [6.07, 6.45) is 0.672. The summed E-state index contributed by atoms with van der Waals surface area (Å²) in [4.78, 5) is 0.0960. The summed E-state index contributed by atoms with van der Waals surface area (Å²) in [6.45, 7) is 0.768. The van der Waals surface area contributed by atoms with Crippen molar-refractivity contribution in [1.29, 1.82) is 0 Å². The summed E-state index contributed by atoms with van der Waals surface area (Å²) >= 11 is 0. The van der Waals surface area contributed by atoms with Gasteiger partial charge in [-0.25, -0.2) is 13.6 Å². The number of nitrogens with zero attached hydrogens (tertiary/aromatic N) is 2. The molecule has 1 heterocycles. The van der Waals surface area contributed by atoms with Crippen LogP contribution in [0.3, 0.4) is 0 Å². The lowest BCUT2D eigenvalue weighted by Crippen LogP contribution is -2.12. The van der Waals surface area contributed by atoms with Crippen LogP contribution in [0.1, 0.15) is 11.5 Å². The van der Waals surface area contributed by atoms with E-state index in [1.165, 1.54) is 12.1 Å². The van der Waals surface area contributed by atoms with E-state index < -0.39 is 10.0 Å². The number of benzene rings is 1. The number of nitrogens with two attached hydrogens (primary N) is 2. The fraction of sp³-hybridized carbons (Fsp3) is 0.273. The van der Waals surface area contributed by atoms with Crippen molar-refractivity contribution < 1.29 is 12.8 Å². The Morgan fingerprint density at radius 3 is 2.45 bits per heavy atom. The maximum absolute atomic E-state index is 11.1. The first kappa shape index (κ1) is 14.4. The van der Waals surface area contributed by atoms with Gasteiger partial charge in [0, 0.05) is 6.54 Å². The highest BCUT2D eigenvalue weighted by Gasteiger charge is 2.07. The average molecular weight is 297 g/mol. The Balaban J connectivity index is 1.88. The number of nitrogens with one attached hydrogen (secondary N) is 1. The minimum Gasteiger partial charge on any atom is -0.407 e. The molecular weight excluding hydrogens is 282 g/mol. The van der Waals surface area contributed by atoms with Crippen molar-refractivity contribution in [3.05, 3.63) is 35.7 Å². The number of rotatable bonds is 6. The molecule has 0 saturated carbocycles. The molecular formula is C11H15N5O3S. The SMILES string of the molecule is NCc1nnc(NCCc2ccc(S(N)(=O)=O)cc2)o1. The lowest BCUT2D eigenvalue weighted by molar-refractivity contribution is 0.507. The highest BCUT2D eigenvalue weighted by atomic mass is 32.2. The smallest absolute Gasteiger partial charge is 0.315 e. The molecule has 0 amide bonds. The minimum absolute atomic E-state index is 0.0960. The van der Waals surface area contributed by atoms with Crippen molar-refractivity contribution in [3.8, 4) is 0 Å². The van der Waals surface area contributed by atoms with Crippen molar-refractivity contribution in [1.82, 2.24) is 10.2 Å². The van der Waals surface area contributed by atoms with E-state index >= 15 is 0 Å². The zero-order valence-electron chi connectivity index (χ0n) is 10.6. The molecule has 8 nitrogen and oxygen atoms in total. The van der Waals surface area contributed by atoms with Gasteiger partial charge in [-0.1, -0.05) is 17.2 Å². The molecule has 0 saturated heterocycles. The number of anilines is 1. The van der Waals surface area contributed by atoms with Crippen LogP contribution in [0.25, 0.3) is 0 Å². The van der Waals surface area contributed by atoms with Crippen molar-refractivity contribution >= 4 is 16.0 Å². The second-order valence-corrected chi connectivity index (χ2v) is 5.63. The number of hydrogen-bond donors (Lipinski definition) is 3. The van der Waals surface area contributed by atoms with Gasteiger partial charge in [0.2, 0.25) is 15.9 Å². The molecule has 5 N–H and O–H groups in total. The van der Waals surface area contributed by atoms with Crippen LogP contribution in [0.15, 0.2) is 33.6 Å².